The number of carbonyl (C=O) groups is 3. The first kappa shape index (κ1) is 23.5. The third-order valence-electron chi connectivity index (χ3n) is 4.30. The Bertz CT molecular complexity index is 988. The molecule has 0 aromatic heterocycles. The van der Waals surface area contributed by atoms with Gasteiger partial charge in [-0.3, -0.25) is 14.5 Å². The summed E-state index contributed by atoms with van der Waals surface area (Å²) in [6.45, 7) is 0.612. The van der Waals surface area contributed by atoms with E-state index in [0.717, 1.165) is 16.7 Å². The van der Waals surface area contributed by atoms with Gasteiger partial charge in [0, 0.05) is 5.57 Å². The van der Waals surface area contributed by atoms with Gasteiger partial charge in [-0.15, -0.1) is 0 Å². The standard InChI is InChI=1S/C19H15Cl3N2O6S/c1-10-12(7-25)31-17-14(23-13(26)8-29-11-5-3-2-4-6-11)16(27)24(17)15(10)18(28)30-9-19(20,21)22/h2-6,14,17H,8-9H2,1H3,(H,23,26)/t14?,17-/m1/s1. The quantitative estimate of drug-likeness (QED) is 0.274. The molecule has 1 aromatic rings. The van der Waals surface area contributed by atoms with Crippen molar-refractivity contribution in [1.29, 1.82) is 0 Å². The molecule has 1 unspecified atom stereocenters. The van der Waals surface area contributed by atoms with Crippen molar-refractivity contribution in [3.63, 3.8) is 0 Å². The number of ether oxygens (including phenoxy) is 2. The van der Waals surface area contributed by atoms with Gasteiger partial charge in [0.05, 0.1) is 4.91 Å². The van der Waals surface area contributed by atoms with Crippen LogP contribution in [0.1, 0.15) is 6.92 Å². The lowest BCUT2D eigenvalue weighted by molar-refractivity contribution is -0.153. The highest BCUT2D eigenvalue weighted by Gasteiger charge is 2.55. The molecule has 0 spiro atoms. The van der Waals surface area contributed by atoms with Gasteiger partial charge >= 0.3 is 5.97 Å². The number of β-lactam (4-membered cyclic amide) rings is 1. The molecule has 1 N–H and O–H groups in total. The molecule has 2 heterocycles. The number of rotatable bonds is 6. The van der Waals surface area contributed by atoms with E-state index in [1.165, 1.54) is 6.92 Å². The number of benzene rings is 1. The number of halogens is 3. The average Bonchev–Trinajstić information content (AvgIpc) is 2.74. The Labute approximate surface area is 196 Å². The minimum absolute atomic E-state index is 0.106. The third-order valence-corrected chi connectivity index (χ3v) is 5.98. The van der Waals surface area contributed by atoms with Crippen LogP contribution in [0.25, 0.3) is 0 Å². The van der Waals surface area contributed by atoms with E-state index in [1.807, 2.05) is 0 Å². The molecule has 2 aliphatic rings. The maximum Gasteiger partial charge on any atom is 0.355 e. The zero-order chi connectivity index (χ0) is 22.8. The van der Waals surface area contributed by atoms with Crippen LogP contribution in [-0.4, -0.2) is 57.0 Å². The smallest absolute Gasteiger partial charge is 0.355 e. The maximum absolute atomic E-state index is 12.7. The molecule has 2 amide bonds. The molecule has 1 fully saturated rings. The highest BCUT2D eigenvalue weighted by molar-refractivity contribution is 8.04. The van der Waals surface area contributed by atoms with Crippen LogP contribution in [0.2, 0.25) is 0 Å². The number of hydrogen-bond donors (Lipinski definition) is 1. The number of esters is 1. The summed E-state index contributed by atoms with van der Waals surface area (Å²) in [5.41, 5.74) is 0.0449. The molecular formula is C19H15Cl3N2O6S. The first-order valence-electron chi connectivity index (χ1n) is 8.79. The summed E-state index contributed by atoms with van der Waals surface area (Å²) in [4.78, 5) is 50.1. The summed E-state index contributed by atoms with van der Waals surface area (Å²) in [7, 11) is 0. The summed E-state index contributed by atoms with van der Waals surface area (Å²) < 4.78 is 8.48. The second kappa shape index (κ2) is 9.54. The second-order valence-electron chi connectivity index (χ2n) is 6.46. The summed E-state index contributed by atoms with van der Waals surface area (Å²) >= 11 is 17.8. The largest absolute Gasteiger partial charge is 0.484 e. The van der Waals surface area contributed by atoms with Gasteiger partial charge in [0.1, 0.15) is 35.4 Å². The SMILES string of the molecule is CC1=C(C(=O)OCC(Cl)(Cl)Cl)N2C(=O)C(NC(=O)COc3ccccc3)[C@H]2SC1=C=O. The Morgan fingerprint density at radius 2 is 1.94 bits per heavy atom. The number of hydrogen-bond acceptors (Lipinski definition) is 7. The van der Waals surface area contributed by atoms with Crippen LogP contribution < -0.4 is 10.1 Å². The van der Waals surface area contributed by atoms with Crippen molar-refractivity contribution in [3.05, 3.63) is 46.5 Å². The molecular weight excluding hydrogens is 491 g/mol. The number of allylic oxidation sites excluding steroid dienone is 1. The van der Waals surface area contributed by atoms with Gasteiger partial charge in [0.15, 0.2) is 6.61 Å². The van der Waals surface area contributed by atoms with E-state index < -0.39 is 39.6 Å². The lowest BCUT2D eigenvalue weighted by atomic mass is 10.0. The van der Waals surface area contributed by atoms with E-state index in [1.54, 1.807) is 36.3 Å². The molecule has 2 aliphatic heterocycles. The van der Waals surface area contributed by atoms with Crippen LogP contribution in [-0.2, 0) is 23.9 Å². The van der Waals surface area contributed by atoms with E-state index in [4.69, 9.17) is 44.3 Å². The zero-order valence-corrected chi connectivity index (χ0v) is 19.0. The van der Waals surface area contributed by atoms with E-state index in [9.17, 15) is 19.2 Å². The Balaban J connectivity index is 1.70. The number of nitrogens with one attached hydrogen (secondary N) is 1. The van der Waals surface area contributed by atoms with Crippen LogP contribution in [0.15, 0.2) is 46.5 Å². The van der Waals surface area contributed by atoms with Gasteiger partial charge in [0.25, 0.3) is 11.8 Å². The molecule has 2 atom stereocenters. The highest BCUT2D eigenvalue weighted by atomic mass is 35.6. The summed E-state index contributed by atoms with van der Waals surface area (Å²) in [6, 6.07) is 7.71. The first-order chi connectivity index (χ1) is 14.6. The van der Waals surface area contributed by atoms with Crippen molar-refractivity contribution in [2.75, 3.05) is 13.2 Å². The lowest BCUT2D eigenvalue weighted by Crippen LogP contribution is -2.70. The molecule has 164 valence electrons. The Morgan fingerprint density at radius 3 is 2.55 bits per heavy atom. The summed E-state index contributed by atoms with van der Waals surface area (Å²) in [5, 5.41) is 1.82. The van der Waals surface area contributed by atoms with Crippen molar-refractivity contribution in [2.24, 2.45) is 0 Å². The van der Waals surface area contributed by atoms with Crippen molar-refractivity contribution < 1.29 is 28.7 Å². The predicted molar refractivity (Wildman–Crippen MR) is 115 cm³/mol. The molecule has 1 aromatic carbocycles. The molecule has 31 heavy (non-hydrogen) atoms. The van der Waals surface area contributed by atoms with Crippen LogP contribution in [0.3, 0.4) is 0 Å². The predicted octanol–water partition coefficient (Wildman–Crippen LogP) is 2.37. The average molecular weight is 506 g/mol. The number of fused-ring (bicyclic) bond motifs is 1. The molecule has 0 radical (unpaired) electrons. The van der Waals surface area contributed by atoms with Crippen LogP contribution in [0.4, 0.5) is 0 Å². The van der Waals surface area contributed by atoms with Gasteiger partial charge in [-0.25, -0.2) is 9.59 Å². The van der Waals surface area contributed by atoms with Gasteiger partial charge in [0.2, 0.25) is 3.79 Å². The van der Waals surface area contributed by atoms with Gasteiger partial charge in [-0.05, 0) is 19.1 Å². The van der Waals surface area contributed by atoms with Crippen molar-refractivity contribution >= 4 is 70.3 Å². The molecule has 0 bridgehead atoms. The van der Waals surface area contributed by atoms with E-state index in [2.05, 4.69) is 5.32 Å². The van der Waals surface area contributed by atoms with E-state index >= 15 is 0 Å². The second-order valence-corrected chi connectivity index (χ2v) is 10.1. The number of nitrogens with zero attached hydrogens (tertiary/aromatic N) is 1. The van der Waals surface area contributed by atoms with Gasteiger partial charge in [-0.1, -0.05) is 64.8 Å². The van der Waals surface area contributed by atoms with Crippen LogP contribution in [0.5, 0.6) is 5.75 Å². The van der Waals surface area contributed by atoms with Crippen LogP contribution >= 0.6 is 46.6 Å². The number of alkyl halides is 3. The van der Waals surface area contributed by atoms with Crippen molar-refractivity contribution in [2.45, 2.75) is 22.1 Å². The number of thioether (sulfide) groups is 1. The fraction of sp³-hybridized carbons (Fsp3) is 0.316. The Kier molecular flexibility index (Phi) is 7.24. The lowest BCUT2D eigenvalue weighted by Gasteiger charge is -2.49. The highest BCUT2D eigenvalue weighted by Crippen LogP contribution is 2.45. The Hall–Kier alpha value is -2.16. The van der Waals surface area contributed by atoms with Crippen molar-refractivity contribution in [1.82, 2.24) is 10.2 Å². The number of para-hydroxylation sites is 1. The number of amides is 2. The third kappa shape index (κ3) is 5.37. The topological polar surface area (TPSA) is 102 Å². The Morgan fingerprint density at radius 1 is 1.26 bits per heavy atom. The van der Waals surface area contributed by atoms with E-state index in [-0.39, 0.29) is 22.8 Å². The maximum atomic E-state index is 12.7. The fourth-order valence-corrected chi connectivity index (χ4v) is 4.26. The fourth-order valence-electron chi connectivity index (χ4n) is 2.90. The summed E-state index contributed by atoms with van der Waals surface area (Å²) in [6.07, 6.45) is 0. The van der Waals surface area contributed by atoms with E-state index in [0.29, 0.717) is 5.75 Å². The monoisotopic (exact) mass is 504 g/mol. The van der Waals surface area contributed by atoms with Crippen LogP contribution in [0, 0.1) is 0 Å². The minimum Gasteiger partial charge on any atom is -0.484 e. The normalized spacial score (nSPS) is 20.5. The first-order valence-corrected chi connectivity index (χ1v) is 10.8. The van der Waals surface area contributed by atoms with Gasteiger partial charge in [-0.2, -0.15) is 0 Å². The molecule has 1 saturated heterocycles. The van der Waals surface area contributed by atoms with Gasteiger partial charge < -0.3 is 14.8 Å². The minimum atomic E-state index is -1.84. The molecule has 8 nitrogen and oxygen atoms in total. The molecule has 0 saturated carbocycles. The molecule has 0 aliphatic carbocycles. The number of carbonyl (C=O) groups excluding carboxylic acids is 4. The van der Waals surface area contributed by atoms with Crippen molar-refractivity contribution in [3.8, 4) is 5.75 Å². The molecule has 3 rings (SSSR count). The molecule has 12 heteroatoms. The summed E-state index contributed by atoms with van der Waals surface area (Å²) in [5.74, 6) is 0.217. The zero-order valence-electron chi connectivity index (χ0n) is 15.9.